The largest absolute Gasteiger partial charge is 0.369 e. The summed E-state index contributed by atoms with van der Waals surface area (Å²) in [5.74, 6) is -0.835. The number of nitrogens with two attached hydrogens (primary N) is 1. The molecule has 12 heavy (non-hydrogen) atoms. The van der Waals surface area contributed by atoms with E-state index in [0.717, 1.165) is 0 Å². The fourth-order valence-electron chi connectivity index (χ4n) is 0.522. The lowest BCUT2D eigenvalue weighted by Gasteiger charge is -2.09. The number of carbonyl (C=O) groups excluding carboxylic acids is 1. The quantitative estimate of drug-likeness (QED) is 0.599. The number of nitrogens with one attached hydrogen (secondary N) is 1. The highest BCUT2D eigenvalue weighted by atomic mass is 32.2. The minimum absolute atomic E-state index is 0.333. The second-order valence-corrected chi connectivity index (χ2v) is 4.57. The molecule has 5 nitrogen and oxygen atoms in total. The molecule has 1 unspecified atom stereocenters. The Balaban J connectivity index is 4.31. The Labute approximate surface area is 72.4 Å². The van der Waals surface area contributed by atoms with Crippen molar-refractivity contribution in [1.29, 1.82) is 0 Å². The molecule has 0 spiro atoms. The molecule has 3 N–H and O–H groups in total. The first-order valence-corrected chi connectivity index (χ1v) is 5.24. The summed E-state index contributed by atoms with van der Waals surface area (Å²) in [4.78, 5) is 10.5. The van der Waals surface area contributed by atoms with E-state index in [9.17, 15) is 13.2 Å². The van der Waals surface area contributed by atoms with Gasteiger partial charge in [0.15, 0.2) is 5.25 Å². The zero-order valence-electron chi connectivity index (χ0n) is 7.20. The van der Waals surface area contributed by atoms with Gasteiger partial charge in [-0.2, -0.15) is 0 Å². The first kappa shape index (κ1) is 11.4. The van der Waals surface area contributed by atoms with E-state index in [1.165, 1.54) is 6.92 Å². The predicted octanol–water partition coefficient (Wildman–Crippen LogP) is -0.810. The SMILES string of the molecule is CCCNS(=O)(=O)C(C)C(N)=O. The van der Waals surface area contributed by atoms with E-state index in [-0.39, 0.29) is 0 Å². The normalized spacial score (nSPS) is 14.2. The molecule has 0 radical (unpaired) electrons. The van der Waals surface area contributed by atoms with Gasteiger partial charge in [-0.05, 0) is 13.3 Å². The summed E-state index contributed by atoms with van der Waals surface area (Å²) in [6.45, 7) is 3.43. The van der Waals surface area contributed by atoms with Crippen LogP contribution in [0.15, 0.2) is 0 Å². The van der Waals surface area contributed by atoms with Crippen LogP contribution < -0.4 is 10.5 Å². The van der Waals surface area contributed by atoms with Gasteiger partial charge in [-0.15, -0.1) is 0 Å². The van der Waals surface area contributed by atoms with E-state index in [1.807, 2.05) is 6.92 Å². The second kappa shape index (κ2) is 4.42. The molecule has 0 rings (SSSR count). The Bertz CT molecular complexity index is 248. The van der Waals surface area contributed by atoms with Crippen LogP contribution in [0.25, 0.3) is 0 Å². The molecule has 1 amide bonds. The third-order valence-electron chi connectivity index (χ3n) is 1.42. The number of rotatable bonds is 5. The van der Waals surface area contributed by atoms with Gasteiger partial charge in [0.25, 0.3) is 0 Å². The van der Waals surface area contributed by atoms with Crippen molar-refractivity contribution < 1.29 is 13.2 Å². The molecular formula is C6H14N2O3S. The maximum absolute atomic E-state index is 11.1. The van der Waals surface area contributed by atoms with Crippen molar-refractivity contribution in [2.24, 2.45) is 5.73 Å². The van der Waals surface area contributed by atoms with Crippen LogP contribution in [0.1, 0.15) is 20.3 Å². The summed E-state index contributed by atoms with van der Waals surface area (Å²) < 4.78 is 24.5. The highest BCUT2D eigenvalue weighted by Gasteiger charge is 2.24. The molecule has 0 saturated heterocycles. The van der Waals surface area contributed by atoms with Crippen LogP contribution in [-0.4, -0.2) is 26.1 Å². The standard InChI is InChI=1S/C6H14N2O3S/c1-3-4-8-12(10,11)5(2)6(7)9/h5,8H,3-4H2,1-2H3,(H2,7,9). The summed E-state index contributed by atoms with van der Waals surface area (Å²) in [5, 5.41) is -1.16. The molecule has 0 aromatic carbocycles. The summed E-state index contributed by atoms with van der Waals surface area (Å²) in [5.41, 5.74) is 4.84. The maximum Gasteiger partial charge on any atom is 0.236 e. The van der Waals surface area contributed by atoms with Gasteiger partial charge in [-0.1, -0.05) is 6.92 Å². The van der Waals surface area contributed by atoms with Crippen LogP contribution in [-0.2, 0) is 14.8 Å². The molecule has 1 atom stereocenters. The van der Waals surface area contributed by atoms with Crippen molar-refractivity contribution in [3.05, 3.63) is 0 Å². The fraction of sp³-hybridized carbons (Fsp3) is 0.833. The molecule has 0 aliphatic carbocycles. The van der Waals surface area contributed by atoms with E-state index in [1.54, 1.807) is 0 Å². The lowest BCUT2D eigenvalue weighted by Crippen LogP contribution is -2.41. The smallest absolute Gasteiger partial charge is 0.236 e. The zero-order chi connectivity index (χ0) is 9.78. The topological polar surface area (TPSA) is 89.3 Å². The highest BCUT2D eigenvalue weighted by Crippen LogP contribution is 1.96. The molecule has 0 bridgehead atoms. The maximum atomic E-state index is 11.1. The van der Waals surface area contributed by atoms with E-state index in [0.29, 0.717) is 13.0 Å². The van der Waals surface area contributed by atoms with Crippen molar-refractivity contribution in [2.45, 2.75) is 25.5 Å². The van der Waals surface area contributed by atoms with Crippen LogP contribution in [0.2, 0.25) is 0 Å². The molecule has 6 heteroatoms. The van der Waals surface area contributed by atoms with Crippen LogP contribution in [0.4, 0.5) is 0 Å². The number of sulfonamides is 1. The van der Waals surface area contributed by atoms with Gasteiger partial charge in [-0.25, -0.2) is 13.1 Å². The monoisotopic (exact) mass is 194 g/mol. The number of primary amides is 1. The van der Waals surface area contributed by atoms with Crippen molar-refractivity contribution in [3.8, 4) is 0 Å². The van der Waals surface area contributed by atoms with E-state index >= 15 is 0 Å². The third-order valence-corrected chi connectivity index (χ3v) is 3.19. The number of amides is 1. The van der Waals surface area contributed by atoms with Crippen molar-refractivity contribution in [1.82, 2.24) is 4.72 Å². The average molecular weight is 194 g/mol. The Morgan fingerprint density at radius 1 is 1.58 bits per heavy atom. The minimum atomic E-state index is -3.55. The molecule has 0 aliphatic rings. The molecule has 72 valence electrons. The van der Waals surface area contributed by atoms with Gasteiger partial charge < -0.3 is 5.73 Å². The predicted molar refractivity (Wildman–Crippen MR) is 45.9 cm³/mol. The Kier molecular flexibility index (Phi) is 4.19. The van der Waals surface area contributed by atoms with Gasteiger partial charge in [-0.3, -0.25) is 4.79 Å². The second-order valence-electron chi connectivity index (χ2n) is 2.48. The lowest BCUT2D eigenvalue weighted by atomic mass is 10.5. The molecule has 0 aromatic heterocycles. The first-order valence-electron chi connectivity index (χ1n) is 3.69. The highest BCUT2D eigenvalue weighted by molar-refractivity contribution is 7.90. The number of hydrogen-bond donors (Lipinski definition) is 2. The van der Waals surface area contributed by atoms with Crippen LogP contribution in [0.5, 0.6) is 0 Å². The van der Waals surface area contributed by atoms with Crippen molar-refractivity contribution >= 4 is 15.9 Å². The van der Waals surface area contributed by atoms with Crippen LogP contribution in [0.3, 0.4) is 0 Å². The van der Waals surface area contributed by atoms with Crippen molar-refractivity contribution in [2.75, 3.05) is 6.54 Å². The molecule has 0 fully saturated rings. The summed E-state index contributed by atoms with van der Waals surface area (Å²) in [6, 6.07) is 0. The number of carbonyl (C=O) groups is 1. The van der Waals surface area contributed by atoms with Crippen molar-refractivity contribution in [3.63, 3.8) is 0 Å². The van der Waals surface area contributed by atoms with Gasteiger partial charge in [0.05, 0.1) is 0 Å². The number of hydrogen-bond acceptors (Lipinski definition) is 3. The Hall–Kier alpha value is -0.620. The van der Waals surface area contributed by atoms with E-state index in [2.05, 4.69) is 4.72 Å². The lowest BCUT2D eigenvalue weighted by molar-refractivity contribution is -0.117. The average Bonchev–Trinajstić information content (AvgIpc) is 1.99. The van der Waals surface area contributed by atoms with E-state index < -0.39 is 21.2 Å². The zero-order valence-corrected chi connectivity index (χ0v) is 8.02. The minimum Gasteiger partial charge on any atom is -0.369 e. The molecule has 0 saturated carbocycles. The third kappa shape index (κ3) is 3.19. The fourth-order valence-corrected chi connectivity index (χ4v) is 1.57. The first-order chi connectivity index (χ1) is 5.41. The molecular weight excluding hydrogens is 180 g/mol. The summed E-state index contributed by atoms with van der Waals surface area (Å²) in [6.07, 6.45) is 0.685. The molecule has 0 aliphatic heterocycles. The van der Waals surface area contributed by atoms with Gasteiger partial charge in [0.1, 0.15) is 0 Å². The summed E-state index contributed by atoms with van der Waals surface area (Å²) >= 11 is 0. The van der Waals surface area contributed by atoms with Gasteiger partial charge in [0, 0.05) is 6.54 Å². The van der Waals surface area contributed by atoms with Crippen LogP contribution >= 0.6 is 0 Å². The van der Waals surface area contributed by atoms with Gasteiger partial charge >= 0.3 is 0 Å². The molecule has 0 aromatic rings. The van der Waals surface area contributed by atoms with Gasteiger partial charge in [0.2, 0.25) is 15.9 Å². The van der Waals surface area contributed by atoms with Crippen LogP contribution in [0, 0.1) is 0 Å². The van der Waals surface area contributed by atoms with E-state index in [4.69, 9.17) is 5.73 Å². The molecule has 0 heterocycles. The Morgan fingerprint density at radius 2 is 2.08 bits per heavy atom. The summed E-state index contributed by atoms with van der Waals surface area (Å²) in [7, 11) is -3.55. The Morgan fingerprint density at radius 3 is 2.42 bits per heavy atom.